The monoisotopic (exact) mass is 806 g/mol. The van der Waals surface area contributed by atoms with E-state index in [4.69, 9.17) is 0 Å². The summed E-state index contributed by atoms with van der Waals surface area (Å²) in [7, 11) is 0. The average molecular weight is 806 g/mol. The first kappa shape index (κ1) is 55.6. The Morgan fingerprint density at radius 3 is 1.14 bits per heavy atom. The lowest BCUT2D eigenvalue weighted by molar-refractivity contribution is -0.123. The summed E-state index contributed by atoms with van der Waals surface area (Å²) in [5.41, 5.74) is 0. The highest BCUT2D eigenvalue weighted by Crippen LogP contribution is 2.15. The van der Waals surface area contributed by atoms with Gasteiger partial charge in [0.2, 0.25) is 5.91 Å². The highest BCUT2D eigenvalue weighted by atomic mass is 16.3. The Labute approximate surface area is 361 Å². The molecule has 0 aromatic rings. The molecule has 0 spiro atoms. The van der Waals surface area contributed by atoms with Crippen LogP contribution < -0.4 is 5.32 Å². The normalized spacial score (nSPS) is 13.7. The number of rotatable bonds is 44. The molecule has 3 N–H and O–H groups in total. The molecule has 58 heavy (non-hydrogen) atoms. The predicted octanol–water partition coefficient (Wildman–Crippen LogP) is 16.0. The molecule has 0 saturated heterocycles. The van der Waals surface area contributed by atoms with E-state index in [-0.39, 0.29) is 12.5 Å². The molecule has 2 atom stereocenters. The van der Waals surface area contributed by atoms with Gasteiger partial charge >= 0.3 is 0 Å². The largest absolute Gasteiger partial charge is 0.394 e. The van der Waals surface area contributed by atoms with Crippen LogP contribution in [0.5, 0.6) is 0 Å². The van der Waals surface area contributed by atoms with Crippen LogP contribution in [0.2, 0.25) is 0 Å². The third-order valence-electron chi connectivity index (χ3n) is 10.9. The zero-order chi connectivity index (χ0) is 42.1. The molecule has 0 radical (unpaired) electrons. The van der Waals surface area contributed by atoms with Crippen molar-refractivity contribution < 1.29 is 15.0 Å². The molecular weight excluding hydrogens is 711 g/mol. The Bertz CT molecular complexity index is 1050. The smallest absolute Gasteiger partial charge is 0.220 e. The van der Waals surface area contributed by atoms with Crippen LogP contribution in [0.15, 0.2) is 85.1 Å². The van der Waals surface area contributed by atoms with Gasteiger partial charge in [-0.25, -0.2) is 0 Å². The fraction of sp³-hybridized carbons (Fsp3) is 0.722. The highest BCUT2D eigenvalue weighted by Gasteiger charge is 2.17. The second-order valence-electron chi connectivity index (χ2n) is 16.5. The van der Waals surface area contributed by atoms with Gasteiger partial charge < -0.3 is 15.5 Å². The van der Waals surface area contributed by atoms with E-state index in [1.54, 1.807) is 6.08 Å². The van der Waals surface area contributed by atoms with Gasteiger partial charge in [-0.2, -0.15) is 0 Å². The lowest BCUT2D eigenvalue weighted by Gasteiger charge is -2.20. The van der Waals surface area contributed by atoms with Crippen molar-refractivity contribution in [1.82, 2.24) is 5.32 Å². The molecule has 0 aliphatic heterocycles. The number of aliphatic hydroxyl groups is 2. The van der Waals surface area contributed by atoms with Crippen LogP contribution in [-0.2, 0) is 4.79 Å². The number of hydrogen-bond acceptors (Lipinski definition) is 3. The van der Waals surface area contributed by atoms with Crippen molar-refractivity contribution in [2.75, 3.05) is 6.61 Å². The molecule has 334 valence electrons. The molecule has 0 saturated carbocycles. The minimum Gasteiger partial charge on any atom is -0.394 e. The number of amides is 1. The predicted molar refractivity (Wildman–Crippen MR) is 257 cm³/mol. The van der Waals surface area contributed by atoms with Crippen LogP contribution in [0.25, 0.3) is 0 Å². The number of carbonyl (C=O) groups is 1. The van der Waals surface area contributed by atoms with E-state index < -0.39 is 12.1 Å². The van der Waals surface area contributed by atoms with Crippen molar-refractivity contribution >= 4 is 5.91 Å². The Morgan fingerprint density at radius 2 is 0.759 bits per heavy atom. The summed E-state index contributed by atoms with van der Waals surface area (Å²) in [5.74, 6) is -0.0691. The number of nitrogens with one attached hydrogen (secondary N) is 1. The maximum atomic E-state index is 12.4. The summed E-state index contributed by atoms with van der Waals surface area (Å²) in [6, 6.07) is -0.627. The van der Waals surface area contributed by atoms with Gasteiger partial charge in [0.25, 0.3) is 0 Å². The Hall–Kier alpha value is -2.43. The molecule has 2 unspecified atom stereocenters. The zero-order valence-corrected chi connectivity index (χ0v) is 38.3. The van der Waals surface area contributed by atoms with Gasteiger partial charge in [-0.15, -0.1) is 0 Å². The van der Waals surface area contributed by atoms with Crippen molar-refractivity contribution in [3.8, 4) is 0 Å². The molecule has 0 aliphatic rings. The fourth-order valence-corrected chi connectivity index (χ4v) is 7.12. The minimum absolute atomic E-state index is 0.0691. The molecule has 1 amide bonds. The van der Waals surface area contributed by atoms with E-state index in [1.807, 2.05) is 6.08 Å². The quantitative estimate of drug-likeness (QED) is 0.0424. The Balaban J connectivity index is 3.56. The number of allylic oxidation sites excluding steroid dienone is 13. The zero-order valence-electron chi connectivity index (χ0n) is 38.3. The van der Waals surface area contributed by atoms with Crippen molar-refractivity contribution in [3.05, 3.63) is 85.1 Å². The summed E-state index contributed by atoms with van der Waals surface area (Å²) in [4.78, 5) is 12.4. The summed E-state index contributed by atoms with van der Waals surface area (Å²) >= 11 is 0. The lowest BCUT2D eigenvalue weighted by atomic mass is 10.0. The first-order valence-electron chi connectivity index (χ1n) is 24.8. The summed E-state index contributed by atoms with van der Waals surface area (Å²) in [5, 5.41) is 23.1. The van der Waals surface area contributed by atoms with E-state index >= 15 is 0 Å². The molecule has 0 fully saturated rings. The SMILES string of the molecule is CC/C=C\C/C=C\C/C=C\C/C=C\C/C=C\C/C=C\CCCCCCCCCCCCCCC(=O)NC(CO)C(O)/C=C/CCCCCCCCCCCCCCC. The maximum Gasteiger partial charge on any atom is 0.220 e. The summed E-state index contributed by atoms with van der Waals surface area (Å²) < 4.78 is 0. The van der Waals surface area contributed by atoms with Crippen molar-refractivity contribution in [2.45, 2.75) is 244 Å². The van der Waals surface area contributed by atoms with Crippen LogP contribution >= 0.6 is 0 Å². The molecule has 0 heterocycles. The van der Waals surface area contributed by atoms with E-state index in [0.29, 0.717) is 6.42 Å². The van der Waals surface area contributed by atoms with Gasteiger partial charge in [0.1, 0.15) is 0 Å². The van der Waals surface area contributed by atoms with Gasteiger partial charge in [0.15, 0.2) is 0 Å². The topological polar surface area (TPSA) is 69.6 Å². The number of hydrogen-bond donors (Lipinski definition) is 3. The lowest BCUT2D eigenvalue weighted by Crippen LogP contribution is -2.45. The fourth-order valence-electron chi connectivity index (χ4n) is 7.12. The first-order chi connectivity index (χ1) is 28.7. The molecule has 0 aliphatic carbocycles. The minimum atomic E-state index is -0.843. The Kier molecular flexibility index (Phi) is 46.9. The molecule has 0 rings (SSSR count). The first-order valence-corrected chi connectivity index (χ1v) is 24.8. The maximum absolute atomic E-state index is 12.4. The van der Waals surface area contributed by atoms with Crippen LogP contribution in [0.3, 0.4) is 0 Å². The van der Waals surface area contributed by atoms with Crippen molar-refractivity contribution in [3.63, 3.8) is 0 Å². The van der Waals surface area contributed by atoms with Gasteiger partial charge in [-0.05, 0) is 70.6 Å². The van der Waals surface area contributed by atoms with Gasteiger partial charge in [-0.1, -0.05) is 240 Å². The van der Waals surface area contributed by atoms with E-state index in [0.717, 1.165) is 64.2 Å². The standard InChI is InChI=1S/C54H95NO3/c1-3-5-7-9-11-13-15-17-19-20-21-22-23-24-25-26-27-28-29-30-31-32-33-34-36-38-40-42-44-46-48-50-54(58)55-52(51-56)53(57)49-47-45-43-41-39-37-35-18-16-14-12-10-8-6-4-2/h5,7,11,13,17,19,21-22,24-25,27-28,47,49,52-53,56-57H,3-4,6,8-10,12,14-16,18,20,23,26,29-46,48,50-51H2,1-2H3,(H,55,58)/b7-5-,13-11-,19-17-,22-21-,25-24-,28-27-,49-47+. The average Bonchev–Trinajstić information content (AvgIpc) is 3.23. The molecule has 4 heteroatoms. The second-order valence-corrected chi connectivity index (χ2v) is 16.5. The van der Waals surface area contributed by atoms with E-state index in [9.17, 15) is 15.0 Å². The summed E-state index contributed by atoms with van der Waals surface area (Å²) in [6.07, 6.45) is 71.4. The molecule has 0 aromatic heterocycles. The number of carbonyl (C=O) groups excluding carboxylic acids is 1. The van der Waals surface area contributed by atoms with Crippen molar-refractivity contribution in [2.24, 2.45) is 0 Å². The number of aliphatic hydroxyl groups excluding tert-OH is 2. The molecule has 4 nitrogen and oxygen atoms in total. The number of unbranched alkanes of at least 4 members (excludes halogenated alkanes) is 25. The van der Waals surface area contributed by atoms with Crippen LogP contribution in [0, 0.1) is 0 Å². The molecule has 0 bridgehead atoms. The molecule has 0 aromatic carbocycles. The van der Waals surface area contributed by atoms with E-state index in [1.165, 1.54) is 148 Å². The Morgan fingerprint density at radius 1 is 0.431 bits per heavy atom. The van der Waals surface area contributed by atoms with Gasteiger partial charge in [-0.3, -0.25) is 4.79 Å². The molecular formula is C54H95NO3. The summed E-state index contributed by atoms with van der Waals surface area (Å²) in [6.45, 7) is 4.19. The third kappa shape index (κ3) is 44.7. The second kappa shape index (κ2) is 48.9. The van der Waals surface area contributed by atoms with E-state index in [2.05, 4.69) is 92.1 Å². The van der Waals surface area contributed by atoms with Gasteiger partial charge in [0, 0.05) is 6.42 Å². The van der Waals surface area contributed by atoms with Crippen LogP contribution in [0.1, 0.15) is 232 Å². The van der Waals surface area contributed by atoms with Gasteiger partial charge in [0.05, 0.1) is 18.8 Å². The van der Waals surface area contributed by atoms with Crippen LogP contribution in [-0.4, -0.2) is 34.9 Å². The highest BCUT2D eigenvalue weighted by molar-refractivity contribution is 5.76. The third-order valence-corrected chi connectivity index (χ3v) is 10.9. The van der Waals surface area contributed by atoms with Crippen LogP contribution in [0.4, 0.5) is 0 Å². The van der Waals surface area contributed by atoms with Crippen molar-refractivity contribution in [1.29, 1.82) is 0 Å².